The summed E-state index contributed by atoms with van der Waals surface area (Å²) in [5, 5.41) is 4.47. The Morgan fingerprint density at radius 3 is 3.17 bits per heavy atom. The maximum absolute atomic E-state index is 4.32. The van der Waals surface area contributed by atoms with E-state index in [1.165, 1.54) is 10.1 Å². The molecule has 2 aromatic rings. The Kier molecular flexibility index (Phi) is 2.39. The number of thioether (sulfide) groups is 1. The van der Waals surface area contributed by atoms with Crippen molar-refractivity contribution in [3.63, 3.8) is 0 Å². The van der Waals surface area contributed by atoms with Gasteiger partial charge in [-0.2, -0.15) is 0 Å². The van der Waals surface area contributed by atoms with Crippen LogP contribution in [0.2, 0.25) is 0 Å². The minimum Gasteiger partial charge on any atom is -0.247 e. The quantitative estimate of drug-likeness (QED) is 0.724. The maximum Gasteiger partial charge on any atom is 0.114 e. The molecule has 0 amide bonds. The lowest BCUT2D eigenvalue weighted by Crippen LogP contribution is -1.78. The van der Waals surface area contributed by atoms with E-state index in [1.807, 2.05) is 6.20 Å². The summed E-state index contributed by atoms with van der Waals surface area (Å²) in [6.45, 7) is 0. The molecule has 62 valence electrons. The van der Waals surface area contributed by atoms with Crippen LogP contribution in [-0.4, -0.2) is 11.2 Å². The highest BCUT2D eigenvalue weighted by Gasteiger charge is 2.05. The first-order chi connectivity index (χ1) is 5.83. The molecule has 0 aliphatic heterocycles. The van der Waals surface area contributed by atoms with Crippen LogP contribution in [0.25, 0.3) is 10.1 Å². The molecule has 0 atom stereocenters. The molecule has 0 fully saturated rings. The third kappa shape index (κ3) is 1.28. The van der Waals surface area contributed by atoms with Gasteiger partial charge in [-0.05, 0) is 33.6 Å². The third-order valence-electron chi connectivity index (χ3n) is 1.61. The lowest BCUT2D eigenvalue weighted by Gasteiger charge is -1.98. The number of nitrogens with zero attached hydrogens (tertiary/aromatic N) is 1. The molecular weight excluding hydrogens is 254 g/mol. The number of aromatic nitrogens is 1. The molecule has 2 aromatic heterocycles. The molecule has 0 N–H and O–H groups in total. The van der Waals surface area contributed by atoms with Gasteiger partial charge in [0.1, 0.15) is 5.03 Å². The summed E-state index contributed by atoms with van der Waals surface area (Å²) in [6, 6.07) is 2.12. The van der Waals surface area contributed by atoms with Crippen LogP contribution in [0.1, 0.15) is 0 Å². The summed E-state index contributed by atoms with van der Waals surface area (Å²) in [5.74, 6) is 0. The largest absolute Gasteiger partial charge is 0.247 e. The van der Waals surface area contributed by atoms with Crippen LogP contribution in [0.3, 0.4) is 0 Å². The predicted octanol–water partition coefficient (Wildman–Crippen LogP) is 3.78. The Morgan fingerprint density at radius 1 is 1.58 bits per heavy atom. The summed E-state index contributed by atoms with van der Waals surface area (Å²) < 4.78 is 2.36. The number of hydrogen-bond acceptors (Lipinski definition) is 3. The van der Waals surface area contributed by atoms with Gasteiger partial charge in [0.2, 0.25) is 0 Å². The Balaban J connectivity index is 2.82. The average molecular weight is 260 g/mol. The monoisotopic (exact) mass is 259 g/mol. The topological polar surface area (TPSA) is 12.9 Å². The van der Waals surface area contributed by atoms with E-state index in [0.29, 0.717) is 0 Å². The summed E-state index contributed by atoms with van der Waals surface area (Å²) >= 11 is 6.90. The first-order valence-corrected chi connectivity index (χ1v) is 6.28. The second kappa shape index (κ2) is 3.36. The van der Waals surface area contributed by atoms with Crippen molar-refractivity contribution in [1.29, 1.82) is 0 Å². The summed E-state index contributed by atoms with van der Waals surface area (Å²) in [7, 11) is 0. The van der Waals surface area contributed by atoms with Crippen molar-refractivity contribution in [2.24, 2.45) is 0 Å². The summed E-state index contributed by atoms with van der Waals surface area (Å²) in [5.41, 5.74) is 0. The van der Waals surface area contributed by atoms with Gasteiger partial charge in [-0.1, -0.05) is 0 Å². The minimum absolute atomic E-state index is 1.08. The van der Waals surface area contributed by atoms with Crippen molar-refractivity contribution >= 4 is 49.1 Å². The number of thiophene rings is 1. The number of halogens is 1. The van der Waals surface area contributed by atoms with E-state index < -0.39 is 0 Å². The average Bonchev–Trinajstić information content (AvgIpc) is 2.54. The zero-order valence-corrected chi connectivity index (χ0v) is 9.59. The van der Waals surface area contributed by atoms with Gasteiger partial charge in [-0.3, -0.25) is 0 Å². The highest BCUT2D eigenvalue weighted by atomic mass is 79.9. The molecule has 0 saturated heterocycles. The van der Waals surface area contributed by atoms with Crippen molar-refractivity contribution in [2.75, 3.05) is 6.26 Å². The fraction of sp³-hybridized carbons (Fsp3) is 0.125. The minimum atomic E-state index is 1.08. The SMILES string of the molecule is CSc1ncc(Br)c2ccsc12. The Labute approximate surface area is 87.3 Å². The zero-order valence-electron chi connectivity index (χ0n) is 6.37. The number of hydrogen-bond donors (Lipinski definition) is 0. The molecule has 12 heavy (non-hydrogen) atoms. The Morgan fingerprint density at radius 2 is 2.42 bits per heavy atom. The van der Waals surface area contributed by atoms with Crippen LogP contribution in [0.5, 0.6) is 0 Å². The van der Waals surface area contributed by atoms with Gasteiger partial charge in [-0.25, -0.2) is 4.98 Å². The first kappa shape index (κ1) is 8.53. The van der Waals surface area contributed by atoms with Gasteiger partial charge in [0, 0.05) is 16.1 Å². The van der Waals surface area contributed by atoms with Crippen LogP contribution >= 0.6 is 39.0 Å². The van der Waals surface area contributed by atoms with Crippen LogP contribution < -0.4 is 0 Å². The van der Waals surface area contributed by atoms with Crippen molar-refractivity contribution in [3.05, 3.63) is 22.1 Å². The maximum atomic E-state index is 4.32. The van der Waals surface area contributed by atoms with Crippen LogP contribution in [0.15, 0.2) is 27.1 Å². The molecule has 0 bridgehead atoms. The third-order valence-corrected chi connectivity index (χ3v) is 3.98. The molecule has 1 nitrogen and oxygen atoms in total. The molecule has 0 radical (unpaired) electrons. The standard InChI is InChI=1S/C8H6BrNS2/c1-11-8-7-5(2-3-12-7)6(9)4-10-8/h2-4H,1H3. The lowest BCUT2D eigenvalue weighted by molar-refractivity contribution is 1.18. The number of rotatable bonds is 1. The molecule has 2 heterocycles. The molecule has 2 rings (SSSR count). The Bertz CT molecular complexity index is 410. The van der Waals surface area contributed by atoms with E-state index in [-0.39, 0.29) is 0 Å². The number of fused-ring (bicyclic) bond motifs is 1. The second-order valence-electron chi connectivity index (χ2n) is 2.28. The van der Waals surface area contributed by atoms with Gasteiger partial charge in [-0.15, -0.1) is 23.1 Å². The molecular formula is C8H6BrNS2. The zero-order chi connectivity index (χ0) is 8.55. The van der Waals surface area contributed by atoms with Crippen molar-refractivity contribution in [1.82, 2.24) is 4.98 Å². The van der Waals surface area contributed by atoms with Gasteiger partial charge >= 0.3 is 0 Å². The lowest BCUT2D eigenvalue weighted by atomic mass is 10.3. The van der Waals surface area contributed by atoms with E-state index in [9.17, 15) is 0 Å². The highest BCUT2D eigenvalue weighted by molar-refractivity contribution is 9.10. The smallest absolute Gasteiger partial charge is 0.114 e. The van der Waals surface area contributed by atoms with Crippen molar-refractivity contribution in [2.45, 2.75) is 5.03 Å². The van der Waals surface area contributed by atoms with Gasteiger partial charge in [0.05, 0.1) is 4.70 Å². The normalized spacial score (nSPS) is 10.8. The van der Waals surface area contributed by atoms with E-state index >= 15 is 0 Å². The van der Waals surface area contributed by atoms with E-state index in [1.54, 1.807) is 23.1 Å². The summed E-state index contributed by atoms with van der Waals surface area (Å²) in [6.07, 6.45) is 3.91. The molecule has 0 spiro atoms. The van der Waals surface area contributed by atoms with Gasteiger partial charge in [0.25, 0.3) is 0 Å². The van der Waals surface area contributed by atoms with E-state index in [4.69, 9.17) is 0 Å². The molecule has 0 aliphatic carbocycles. The number of pyridine rings is 1. The highest BCUT2D eigenvalue weighted by Crippen LogP contribution is 2.33. The molecule has 0 unspecified atom stereocenters. The van der Waals surface area contributed by atoms with Crippen LogP contribution in [-0.2, 0) is 0 Å². The first-order valence-electron chi connectivity index (χ1n) is 3.38. The van der Waals surface area contributed by atoms with Gasteiger partial charge < -0.3 is 0 Å². The van der Waals surface area contributed by atoms with Crippen LogP contribution in [0.4, 0.5) is 0 Å². The molecule has 4 heteroatoms. The molecule has 0 aromatic carbocycles. The van der Waals surface area contributed by atoms with E-state index in [0.717, 1.165) is 9.50 Å². The van der Waals surface area contributed by atoms with E-state index in [2.05, 4.69) is 38.6 Å². The van der Waals surface area contributed by atoms with Gasteiger partial charge in [0.15, 0.2) is 0 Å². The van der Waals surface area contributed by atoms with Crippen molar-refractivity contribution in [3.8, 4) is 0 Å². The Hall–Kier alpha value is -0.0600. The predicted molar refractivity (Wildman–Crippen MR) is 59.1 cm³/mol. The fourth-order valence-corrected chi connectivity index (χ4v) is 3.26. The fourth-order valence-electron chi connectivity index (χ4n) is 1.05. The summed E-state index contributed by atoms with van der Waals surface area (Å²) in [4.78, 5) is 4.32. The molecule has 0 saturated carbocycles. The second-order valence-corrected chi connectivity index (χ2v) is 4.84. The van der Waals surface area contributed by atoms with Crippen LogP contribution in [0, 0.1) is 0 Å². The molecule has 0 aliphatic rings. The van der Waals surface area contributed by atoms with Crippen molar-refractivity contribution < 1.29 is 0 Å².